The molecule has 3 heteroatoms. The van der Waals surface area contributed by atoms with E-state index < -0.39 is 0 Å². The van der Waals surface area contributed by atoms with Crippen LogP contribution in [0.5, 0.6) is 0 Å². The second kappa shape index (κ2) is 4.01. The Hall–Kier alpha value is -0.0200. The first-order chi connectivity index (χ1) is 6.27. The molecule has 0 saturated carbocycles. The lowest BCUT2D eigenvalue weighted by molar-refractivity contribution is 0.485. The lowest BCUT2D eigenvalue weighted by atomic mass is 10.0. The molecule has 2 rings (SSSR count). The normalized spacial score (nSPS) is 23.5. The first-order valence-corrected chi connectivity index (χ1v) is 6.45. The summed E-state index contributed by atoms with van der Waals surface area (Å²) in [6.45, 7) is 3.55. The Kier molecular flexibility index (Phi) is 2.94. The van der Waals surface area contributed by atoms with Crippen molar-refractivity contribution in [2.75, 3.05) is 11.4 Å². The molecule has 13 heavy (non-hydrogen) atoms. The van der Waals surface area contributed by atoms with Crippen LogP contribution in [0.2, 0.25) is 0 Å². The van der Waals surface area contributed by atoms with Crippen molar-refractivity contribution in [3.05, 3.63) is 15.2 Å². The van der Waals surface area contributed by atoms with Crippen LogP contribution >= 0.6 is 27.3 Å². The van der Waals surface area contributed by atoms with E-state index >= 15 is 0 Å². The highest BCUT2D eigenvalue weighted by Gasteiger charge is 2.18. The van der Waals surface area contributed by atoms with Crippen LogP contribution in [0.15, 0.2) is 15.2 Å². The van der Waals surface area contributed by atoms with Crippen LogP contribution in [0.25, 0.3) is 0 Å². The van der Waals surface area contributed by atoms with E-state index in [1.165, 1.54) is 35.3 Å². The third-order valence-corrected chi connectivity index (χ3v) is 4.18. The Morgan fingerprint density at radius 3 is 3.00 bits per heavy atom. The number of nitrogens with zero attached hydrogens (tertiary/aromatic N) is 1. The zero-order chi connectivity index (χ0) is 9.26. The summed E-state index contributed by atoms with van der Waals surface area (Å²) in [5.74, 6) is 0. The van der Waals surface area contributed by atoms with E-state index in [2.05, 4.69) is 39.2 Å². The van der Waals surface area contributed by atoms with Gasteiger partial charge in [0.05, 0.1) is 3.79 Å². The highest BCUT2D eigenvalue weighted by Crippen LogP contribution is 2.31. The van der Waals surface area contributed by atoms with Crippen molar-refractivity contribution in [2.24, 2.45) is 0 Å². The van der Waals surface area contributed by atoms with Gasteiger partial charge in [-0.25, -0.2) is 0 Å². The fourth-order valence-electron chi connectivity index (χ4n) is 1.93. The molecule has 1 saturated heterocycles. The lowest BCUT2D eigenvalue weighted by Gasteiger charge is -2.34. The van der Waals surface area contributed by atoms with Crippen LogP contribution in [-0.4, -0.2) is 12.6 Å². The van der Waals surface area contributed by atoms with E-state index in [1.54, 1.807) is 11.3 Å². The van der Waals surface area contributed by atoms with Crippen LogP contribution in [0.4, 0.5) is 5.69 Å². The van der Waals surface area contributed by atoms with E-state index in [9.17, 15) is 0 Å². The van der Waals surface area contributed by atoms with Crippen molar-refractivity contribution in [3.63, 3.8) is 0 Å². The van der Waals surface area contributed by atoms with Crippen molar-refractivity contribution in [1.29, 1.82) is 0 Å². The summed E-state index contributed by atoms with van der Waals surface area (Å²) in [7, 11) is 0. The smallest absolute Gasteiger partial charge is 0.0719 e. The number of piperidine rings is 1. The number of rotatable bonds is 1. The number of halogens is 1. The van der Waals surface area contributed by atoms with E-state index in [1.807, 2.05) is 0 Å². The molecule has 0 N–H and O–H groups in total. The summed E-state index contributed by atoms with van der Waals surface area (Å²) in [5.41, 5.74) is 1.39. The molecule has 2 heterocycles. The van der Waals surface area contributed by atoms with Gasteiger partial charge in [0.2, 0.25) is 0 Å². The van der Waals surface area contributed by atoms with E-state index in [-0.39, 0.29) is 0 Å². The van der Waals surface area contributed by atoms with E-state index in [4.69, 9.17) is 0 Å². The molecule has 0 amide bonds. The van der Waals surface area contributed by atoms with Gasteiger partial charge in [0.25, 0.3) is 0 Å². The second-order valence-electron chi connectivity index (χ2n) is 3.65. The van der Waals surface area contributed by atoms with Crippen LogP contribution in [0, 0.1) is 0 Å². The molecular weight excluding hydrogens is 246 g/mol. The number of thiophene rings is 1. The number of hydrogen-bond donors (Lipinski definition) is 0. The summed E-state index contributed by atoms with van der Waals surface area (Å²) in [6.07, 6.45) is 4.08. The standard InChI is InChI=1S/C10H14BrNS/c1-8-4-2-3-5-12(8)9-6-10(11)13-7-9/h6-8H,2-5H2,1H3. The molecule has 1 atom stereocenters. The van der Waals surface area contributed by atoms with Gasteiger partial charge in [0.1, 0.15) is 0 Å². The zero-order valence-corrected chi connectivity index (χ0v) is 10.2. The van der Waals surface area contributed by atoms with Crippen molar-refractivity contribution < 1.29 is 0 Å². The molecule has 1 nitrogen and oxygen atoms in total. The average Bonchev–Trinajstić information content (AvgIpc) is 2.53. The summed E-state index contributed by atoms with van der Waals surface area (Å²) in [4.78, 5) is 2.52. The third kappa shape index (κ3) is 2.08. The van der Waals surface area contributed by atoms with Gasteiger partial charge in [-0.15, -0.1) is 11.3 Å². The Morgan fingerprint density at radius 2 is 2.38 bits per heavy atom. The quantitative estimate of drug-likeness (QED) is 0.740. The molecule has 1 fully saturated rings. The fraction of sp³-hybridized carbons (Fsp3) is 0.600. The molecule has 1 aromatic heterocycles. The molecule has 0 radical (unpaired) electrons. The maximum Gasteiger partial charge on any atom is 0.0719 e. The molecule has 1 aliphatic heterocycles. The Bertz CT molecular complexity index is 284. The Morgan fingerprint density at radius 1 is 1.54 bits per heavy atom. The zero-order valence-electron chi connectivity index (χ0n) is 7.79. The second-order valence-corrected chi connectivity index (χ2v) is 5.94. The average molecular weight is 260 g/mol. The molecule has 1 aromatic rings. The Balaban J connectivity index is 2.14. The molecule has 0 aromatic carbocycles. The third-order valence-electron chi connectivity index (χ3n) is 2.69. The Labute approximate surface area is 91.9 Å². The molecule has 0 spiro atoms. The maximum absolute atomic E-state index is 3.51. The number of anilines is 1. The van der Waals surface area contributed by atoms with Gasteiger partial charge in [0, 0.05) is 23.7 Å². The van der Waals surface area contributed by atoms with Crippen molar-refractivity contribution in [1.82, 2.24) is 0 Å². The van der Waals surface area contributed by atoms with Crippen molar-refractivity contribution in [2.45, 2.75) is 32.2 Å². The van der Waals surface area contributed by atoms with Gasteiger partial charge in [-0.3, -0.25) is 0 Å². The van der Waals surface area contributed by atoms with E-state index in [0.717, 1.165) is 6.04 Å². The highest BCUT2D eigenvalue weighted by molar-refractivity contribution is 9.11. The first-order valence-electron chi connectivity index (χ1n) is 4.78. The monoisotopic (exact) mass is 259 g/mol. The van der Waals surface area contributed by atoms with Gasteiger partial charge in [-0.05, 0) is 48.2 Å². The fourth-order valence-corrected chi connectivity index (χ4v) is 3.07. The minimum Gasteiger partial charge on any atom is -0.368 e. The van der Waals surface area contributed by atoms with Gasteiger partial charge >= 0.3 is 0 Å². The minimum atomic E-state index is 0.718. The predicted octanol–water partition coefficient (Wildman–Crippen LogP) is 3.89. The summed E-state index contributed by atoms with van der Waals surface area (Å²) < 4.78 is 1.24. The summed E-state index contributed by atoms with van der Waals surface area (Å²) in [6, 6.07) is 2.95. The molecule has 0 aliphatic carbocycles. The molecule has 1 unspecified atom stereocenters. The highest BCUT2D eigenvalue weighted by atomic mass is 79.9. The van der Waals surface area contributed by atoms with Gasteiger partial charge in [-0.2, -0.15) is 0 Å². The summed E-state index contributed by atoms with van der Waals surface area (Å²) >= 11 is 5.29. The first kappa shape index (κ1) is 9.53. The molecule has 0 bridgehead atoms. The lowest BCUT2D eigenvalue weighted by Crippen LogP contribution is -2.37. The molecule has 1 aliphatic rings. The van der Waals surface area contributed by atoms with Gasteiger partial charge in [-0.1, -0.05) is 0 Å². The molecular formula is C10H14BrNS. The van der Waals surface area contributed by atoms with Crippen LogP contribution in [-0.2, 0) is 0 Å². The topological polar surface area (TPSA) is 3.24 Å². The maximum atomic E-state index is 3.51. The van der Waals surface area contributed by atoms with Crippen LogP contribution in [0.3, 0.4) is 0 Å². The van der Waals surface area contributed by atoms with Crippen molar-refractivity contribution in [3.8, 4) is 0 Å². The number of hydrogen-bond acceptors (Lipinski definition) is 2. The SMILES string of the molecule is CC1CCCCN1c1csc(Br)c1. The summed E-state index contributed by atoms with van der Waals surface area (Å²) in [5, 5.41) is 2.24. The van der Waals surface area contributed by atoms with Crippen LogP contribution in [0.1, 0.15) is 26.2 Å². The van der Waals surface area contributed by atoms with Gasteiger partial charge in [0.15, 0.2) is 0 Å². The minimum absolute atomic E-state index is 0.718. The van der Waals surface area contributed by atoms with Gasteiger partial charge < -0.3 is 4.90 Å². The van der Waals surface area contributed by atoms with Crippen molar-refractivity contribution >= 4 is 33.0 Å². The largest absolute Gasteiger partial charge is 0.368 e. The predicted molar refractivity (Wildman–Crippen MR) is 62.7 cm³/mol. The van der Waals surface area contributed by atoms with E-state index in [0.29, 0.717) is 0 Å². The van der Waals surface area contributed by atoms with Crippen LogP contribution < -0.4 is 4.90 Å². The molecule has 72 valence electrons.